The van der Waals surface area contributed by atoms with Crippen LogP contribution in [0.15, 0.2) is 48.8 Å². The summed E-state index contributed by atoms with van der Waals surface area (Å²) in [6, 6.07) is 12.0. The van der Waals surface area contributed by atoms with Crippen LogP contribution in [0, 0.1) is 0 Å². The number of hydrogen-bond donors (Lipinski definition) is 1. The van der Waals surface area contributed by atoms with Crippen LogP contribution in [0.3, 0.4) is 0 Å². The van der Waals surface area contributed by atoms with Gasteiger partial charge in [-0.25, -0.2) is 0 Å². The zero-order valence-corrected chi connectivity index (χ0v) is 10.5. The molecule has 0 aliphatic carbocycles. The molecule has 1 unspecified atom stereocenters. The minimum Gasteiger partial charge on any atom is -0.493 e. The molecule has 2 aromatic rings. The molecule has 2 rings (SSSR count). The standard InChI is InChI=1S/C15H18N2O/c1-12(16)14-5-2-6-15(10-14)18-9-7-13-4-3-8-17-11-13/h2-6,8,10-12H,7,9,16H2,1H3. The first-order valence-corrected chi connectivity index (χ1v) is 6.13. The second-order valence-corrected chi connectivity index (χ2v) is 4.32. The van der Waals surface area contributed by atoms with Crippen molar-refractivity contribution in [2.75, 3.05) is 6.61 Å². The maximum atomic E-state index is 5.84. The number of nitrogens with two attached hydrogens (primary N) is 1. The number of benzene rings is 1. The molecular weight excluding hydrogens is 224 g/mol. The highest BCUT2D eigenvalue weighted by atomic mass is 16.5. The van der Waals surface area contributed by atoms with Gasteiger partial charge in [-0.05, 0) is 36.2 Å². The smallest absolute Gasteiger partial charge is 0.119 e. The highest BCUT2D eigenvalue weighted by Crippen LogP contribution is 2.17. The van der Waals surface area contributed by atoms with E-state index in [0.29, 0.717) is 6.61 Å². The third kappa shape index (κ3) is 3.57. The summed E-state index contributed by atoms with van der Waals surface area (Å²) in [5, 5.41) is 0. The van der Waals surface area contributed by atoms with Crippen LogP contribution in [0.25, 0.3) is 0 Å². The number of aromatic nitrogens is 1. The summed E-state index contributed by atoms with van der Waals surface area (Å²) in [4.78, 5) is 4.08. The van der Waals surface area contributed by atoms with Gasteiger partial charge in [0.05, 0.1) is 6.61 Å². The lowest BCUT2D eigenvalue weighted by Gasteiger charge is -2.10. The van der Waals surface area contributed by atoms with Gasteiger partial charge in [0.1, 0.15) is 5.75 Å². The summed E-state index contributed by atoms with van der Waals surface area (Å²) >= 11 is 0. The molecule has 0 aliphatic rings. The van der Waals surface area contributed by atoms with Crippen molar-refractivity contribution >= 4 is 0 Å². The van der Waals surface area contributed by atoms with Crippen LogP contribution in [0.1, 0.15) is 24.1 Å². The van der Waals surface area contributed by atoms with E-state index in [1.54, 1.807) is 6.20 Å². The Labute approximate surface area is 108 Å². The van der Waals surface area contributed by atoms with E-state index in [0.717, 1.165) is 17.7 Å². The highest BCUT2D eigenvalue weighted by molar-refractivity contribution is 5.30. The number of pyridine rings is 1. The zero-order chi connectivity index (χ0) is 12.8. The maximum absolute atomic E-state index is 5.84. The molecule has 0 saturated carbocycles. The molecule has 1 atom stereocenters. The Bertz CT molecular complexity index is 483. The summed E-state index contributed by atoms with van der Waals surface area (Å²) < 4.78 is 5.72. The normalized spacial score (nSPS) is 12.1. The molecule has 0 aliphatic heterocycles. The van der Waals surface area contributed by atoms with Gasteiger partial charge in [0.2, 0.25) is 0 Å². The number of ether oxygens (including phenoxy) is 1. The van der Waals surface area contributed by atoms with Crippen molar-refractivity contribution in [3.05, 3.63) is 59.9 Å². The van der Waals surface area contributed by atoms with Crippen LogP contribution in [0.5, 0.6) is 5.75 Å². The Balaban J connectivity index is 1.89. The van der Waals surface area contributed by atoms with Gasteiger partial charge in [-0.15, -0.1) is 0 Å². The summed E-state index contributed by atoms with van der Waals surface area (Å²) in [5.74, 6) is 0.869. The molecule has 0 amide bonds. The fraction of sp³-hybridized carbons (Fsp3) is 0.267. The minimum absolute atomic E-state index is 0.0341. The van der Waals surface area contributed by atoms with Gasteiger partial charge < -0.3 is 10.5 Å². The third-order valence-corrected chi connectivity index (χ3v) is 2.77. The lowest BCUT2D eigenvalue weighted by atomic mass is 10.1. The van der Waals surface area contributed by atoms with Crippen LogP contribution in [0.2, 0.25) is 0 Å². The van der Waals surface area contributed by atoms with E-state index < -0.39 is 0 Å². The van der Waals surface area contributed by atoms with Gasteiger partial charge in [-0.1, -0.05) is 18.2 Å². The molecule has 18 heavy (non-hydrogen) atoms. The first kappa shape index (κ1) is 12.6. The van der Waals surface area contributed by atoms with E-state index in [2.05, 4.69) is 11.1 Å². The van der Waals surface area contributed by atoms with Crippen LogP contribution in [0.4, 0.5) is 0 Å². The fourth-order valence-corrected chi connectivity index (χ4v) is 1.72. The average Bonchev–Trinajstić information content (AvgIpc) is 2.40. The third-order valence-electron chi connectivity index (χ3n) is 2.77. The topological polar surface area (TPSA) is 48.1 Å². The van der Waals surface area contributed by atoms with E-state index in [4.69, 9.17) is 10.5 Å². The molecule has 2 N–H and O–H groups in total. The number of nitrogens with zero attached hydrogens (tertiary/aromatic N) is 1. The Morgan fingerprint density at radius 1 is 1.28 bits per heavy atom. The molecule has 0 radical (unpaired) electrons. The SMILES string of the molecule is CC(N)c1cccc(OCCc2cccnc2)c1. The van der Waals surface area contributed by atoms with Crippen LogP contribution >= 0.6 is 0 Å². The summed E-state index contributed by atoms with van der Waals surface area (Å²) in [6.07, 6.45) is 4.49. The molecule has 1 heterocycles. The zero-order valence-electron chi connectivity index (χ0n) is 10.5. The molecule has 3 nitrogen and oxygen atoms in total. The van der Waals surface area contributed by atoms with Gasteiger partial charge in [0, 0.05) is 24.9 Å². The molecule has 0 spiro atoms. The molecule has 1 aromatic heterocycles. The summed E-state index contributed by atoms with van der Waals surface area (Å²) in [6.45, 7) is 2.61. The molecule has 0 bridgehead atoms. The van der Waals surface area contributed by atoms with Crippen molar-refractivity contribution < 1.29 is 4.74 Å². The summed E-state index contributed by atoms with van der Waals surface area (Å²) in [5.41, 5.74) is 8.11. The summed E-state index contributed by atoms with van der Waals surface area (Å²) in [7, 11) is 0. The second kappa shape index (κ2) is 6.17. The molecule has 1 aromatic carbocycles. The number of hydrogen-bond acceptors (Lipinski definition) is 3. The predicted molar refractivity (Wildman–Crippen MR) is 72.5 cm³/mol. The quantitative estimate of drug-likeness (QED) is 0.877. The van der Waals surface area contributed by atoms with E-state index in [-0.39, 0.29) is 6.04 Å². The molecule has 0 fully saturated rings. The predicted octanol–water partition coefficient (Wildman–Crippen LogP) is 2.72. The van der Waals surface area contributed by atoms with Gasteiger partial charge in [-0.2, -0.15) is 0 Å². The Kier molecular flexibility index (Phi) is 4.31. The van der Waals surface area contributed by atoms with E-state index in [9.17, 15) is 0 Å². The van der Waals surface area contributed by atoms with Crippen molar-refractivity contribution in [2.24, 2.45) is 5.73 Å². The van der Waals surface area contributed by atoms with Crippen LogP contribution < -0.4 is 10.5 Å². The Hall–Kier alpha value is -1.87. The first-order valence-electron chi connectivity index (χ1n) is 6.13. The van der Waals surface area contributed by atoms with Crippen molar-refractivity contribution in [2.45, 2.75) is 19.4 Å². The highest BCUT2D eigenvalue weighted by Gasteiger charge is 2.01. The largest absolute Gasteiger partial charge is 0.493 e. The molecule has 0 saturated heterocycles. The lowest BCUT2D eigenvalue weighted by Crippen LogP contribution is -2.06. The van der Waals surface area contributed by atoms with Gasteiger partial charge in [0.25, 0.3) is 0 Å². The lowest BCUT2D eigenvalue weighted by molar-refractivity contribution is 0.321. The fourth-order valence-electron chi connectivity index (χ4n) is 1.72. The first-order chi connectivity index (χ1) is 8.75. The van der Waals surface area contributed by atoms with Crippen LogP contribution in [-0.4, -0.2) is 11.6 Å². The van der Waals surface area contributed by atoms with Gasteiger partial charge in [0.15, 0.2) is 0 Å². The van der Waals surface area contributed by atoms with Crippen molar-refractivity contribution in [1.82, 2.24) is 4.98 Å². The molecular formula is C15H18N2O. The van der Waals surface area contributed by atoms with Gasteiger partial charge in [-0.3, -0.25) is 4.98 Å². The van der Waals surface area contributed by atoms with Gasteiger partial charge >= 0.3 is 0 Å². The minimum atomic E-state index is 0.0341. The monoisotopic (exact) mass is 242 g/mol. The molecule has 94 valence electrons. The maximum Gasteiger partial charge on any atom is 0.119 e. The number of rotatable bonds is 5. The molecule has 3 heteroatoms. The average molecular weight is 242 g/mol. The van der Waals surface area contributed by atoms with Crippen molar-refractivity contribution in [3.8, 4) is 5.75 Å². The Morgan fingerprint density at radius 2 is 2.17 bits per heavy atom. The van der Waals surface area contributed by atoms with Crippen molar-refractivity contribution in [3.63, 3.8) is 0 Å². The Morgan fingerprint density at radius 3 is 2.89 bits per heavy atom. The van der Waals surface area contributed by atoms with E-state index in [1.165, 1.54) is 5.56 Å². The van der Waals surface area contributed by atoms with E-state index in [1.807, 2.05) is 43.5 Å². The van der Waals surface area contributed by atoms with Crippen LogP contribution in [-0.2, 0) is 6.42 Å². The van der Waals surface area contributed by atoms with Crippen molar-refractivity contribution in [1.29, 1.82) is 0 Å². The van der Waals surface area contributed by atoms with E-state index >= 15 is 0 Å². The second-order valence-electron chi connectivity index (χ2n) is 4.32.